The lowest BCUT2D eigenvalue weighted by Crippen LogP contribution is -2.27. The second-order valence-corrected chi connectivity index (χ2v) is 7.79. The van der Waals surface area contributed by atoms with E-state index in [0.717, 1.165) is 34.6 Å². The quantitative estimate of drug-likeness (QED) is 0.578. The molecule has 0 aliphatic heterocycles. The predicted octanol–water partition coefficient (Wildman–Crippen LogP) is 4.01. The van der Waals surface area contributed by atoms with Crippen molar-refractivity contribution in [3.8, 4) is 5.69 Å². The standard InChI is InChI=1S/C18H14ClN5OS/c19-10-4-6-12(7-5-10)24-9-22-14-13-16(23-11-2-1-3-11)20-8-21-17(13)26-15(14)18(24)25/h4-9,11H,1-3H2,(H,20,21,23). The van der Waals surface area contributed by atoms with Crippen LogP contribution in [0.1, 0.15) is 19.3 Å². The number of hydrogen-bond acceptors (Lipinski definition) is 6. The number of aromatic nitrogens is 4. The molecule has 4 aromatic rings. The van der Waals surface area contributed by atoms with Crippen LogP contribution in [0.2, 0.25) is 5.02 Å². The lowest BCUT2D eigenvalue weighted by Gasteiger charge is -2.27. The highest BCUT2D eigenvalue weighted by molar-refractivity contribution is 7.25. The molecule has 1 aromatic carbocycles. The molecule has 0 amide bonds. The second-order valence-electron chi connectivity index (χ2n) is 6.35. The van der Waals surface area contributed by atoms with E-state index in [4.69, 9.17) is 11.6 Å². The first-order valence-corrected chi connectivity index (χ1v) is 9.57. The van der Waals surface area contributed by atoms with Gasteiger partial charge >= 0.3 is 0 Å². The summed E-state index contributed by atoms with van der Waals surface area (Å²) < 4.78 is 2.11. The lowest BCUT2D eigenvalue weighted by atomic mass is 9.93. The van der Waals surface area contributed by atoms with Crippen molar-refractivity contribution in [3.63, 3.8) is 0 Å². The Morgan fingerprint density at radius 3 is 2.69 bits per heavy atom. The summed E-state index contributed by atoms with van der Waals surface area (Å²) >= 11 is 7.29. The van der Waals surface area contributed by atoms with Crippen molar-refractivity contribution in [2.24, 2.45) is 0 Å². The maximum Gasteiger partial charge on any atom is 0.275 e. The van der Waals surface area contributed by atoms with Crippen LogP contribution in [0.3, 0.4) is 0 Å². The molecule has 5 rings (SSSR count). The highest BCUT2D eigenvalue weighted by Crippen LogP contribution is 2.34. The van der Waals surface area contributed by atoms with Crippen LogP contribution in [-0.4, -0.2) is 25.6 Å². The van der Waals surface area contributed by atoms with Crippen LogP contribution in [0.25, 0.3) is 26.1 Å². The van der Waals surface area contributed by atoms with E-state index in [1.165, 1.54) is 28.7 Å². The summed E-state index contributed by atoms with van der Waals surface area (Å²) in [5, 5.41) is 4.92. The first kappa shape index (κ1) is 15.7. The van der Waals surface area contributed by atoms with E-state index in [0.29, 0.717) is 21.3 Å². The Balaban J connectivity index is 1.70. The van der Waals surface area contributed by atoms with Gasteiger partial charge in [-0.15, -0.1) is 11.3 Å². The van der Waals surface area contributed by atoms with Crippen molar-refractivity contribution in [1.29, 1.82) is 0 Å². The van der Waals surface area contributed by atoms with E-state index in [1.807, 2.05) is 0 Å². The topological polar surface area (TPSA) is 72.7 Å². The van der Waals surface area contributed by atoms with E-state index in [-0.39, 0.29) is 5.56 Å². The van der Waals surface area contributed by atoms with E-state index in [2.05, 4.69) is 20.3 Å². The molecule has 0 unspecified atom stereocenters. The normalized spacial score (nSPS) is 14.7. The molecule has 1 aliphatic rings. The van der Waals surface area contributed by atoms with Gasteiger partial charge in [-0.25, -0.2) is 15.0 Å². The third-order valence-corrected chi connectivity index (χ3v) is 6.06. The van der Waals surface area contributed by atoms with Crippen LogP contribution in [-0.2, 0) is 0 Å². The molecule has 1 N–H and O–H groups in total. The summed E-state index contributed by atoms with van der Waals surface area (Å²) in [6.07, 6.45) is 6.62. The zero-order valence-corrected chi connectivity index (χ0v) is 15.2. The number of thiophene rings is 1. The molecule has 0 bridgehead atoms. The minimum absolute atomic E-state index is 0.116. The fraction of sp³-hybridized carbons (Fsp3) is 0.222. The van der Waals surface area contributed by atoms with Gasteiger partial charge in [-0.3, -0.25) is 9.36 Å². The van der Waals surface area contributed by atoms with Crippen molar-refractivity contribution in [1.82, 2.24) is 19.5 Å². The second kappa shape index (κ2) is 6.03. The molecule has 0 saturated heterocycles. The van der Waals surface area contributed by atoms with Gasteiger partial charge in [-0.2, -0.15) is 0 Å². The van der Waals surface area contributed by atoms with Gasteiger partial charge in [-0.1, -0.05) is 11.6 Å². The third-order valence-electron chi connectivity index (χ3n) is 4.73. The Bertz CT molecular complexity index is 1180. The number of anilines is 1. The number of nitrogens with zero attached hydrogens (tertiary/aromatic N) is 4. The van der Waals surface area contributed by atoms with Gasteiger partial charge in [0.15, 0.2) is 0 Å². The average Bonchev–Trinajstić information content (AvgIpc) is 3.00. The summed E-state index contributed by atoms with van der Waals surface area (Å²) in [6.45, 7) is 0. The van der Waals surface area contributed by atoms with Gasteiger partial charge in [0.05, 0.1) is 11.1 Å². The molecular formula is C18H14ClN5OS. The molecule has 0 atom stereocenters. The molecule has 130 valence electrons. The van der Waals surface area contributed by atoms with Crippen molar-refractivity contribution in [2.75, 3.05) is 5.32 Å². The SMILES string of the molecule is O=c1c2sc3ncnc(NC4CCC4)c3c2ncn1-c1ccc(Cl)cc1. The Kier molecular flexibility index (Phi) is 3.65. The number of hydrogen-bond donors (Lipinski definition) is 1. The highest BCUT2D eigenvalue weighted by atomic mass is 35.5. The smallest absolute Gasteiger partial charge is 0.275 e. The molecule has 0 radical (unpaired) electrons. The molecule has 0 spiro atoms. The van der Waals surface area contributed by atoms with Gasteiger partial charge in [0, 0.05) is 11.1 Å². The number of rotatable bonds is 3. The predicted molar refractivity (Wildman–Crippen MR) is 105 cm³/mol. The minimum Gasteiger partial charge on any atom is -0.367 e. The number of halogens is 1. The summed E-state index contributed by atoms with van der Waals surface area (Å²) in [5.74, 6) is 0.766. The van der Waals surface area contributed by atoms with E-state index in [9.17, 15) is 4.79 Å². The van der Waals surface area contributed by atoms with Crippen LogP contribution < -0.4 is 10.9 Å². The molecule has 8 heteroatoms. The molecule has 6 nitrogen and oxygen atoms in total. The fourth-order valence-electron chi connectivity index (χ4n) is 3.11. The number of nitrogens with one attached hydrogen (secondary N) is 1. The largest absolute Gasteiger partial charge is 0.367 e. The molecule has 1 saturated carbocycles. The lowest BCUT2D eigenvalue weighted by molar-refractivity contribution is 0.445. The van der Waals surface area contributed by atoms with Crippen LogP contribution >= 0.6 is 22.9 Å². The van der Waals surface area contributed by atoms with Gasteiger partial charge in [0.2, 0.25) is 0 Å². The maximum atomic E-state index is 13.0. The van der Waals surface area contributed by atoms with Crippen LogP contribution in [0.4, 0.5) is 5.82 Å². The van der Waals surface area contributed by atoms with Crippen LogP contribution in [0.15, 0.2) is 41.7 Å². The Morgan fingerprint density at radius 2 is 1.96 bits per heavy atom. The molecule has 26 heavy (non-hydrogen) atoms. The minimum atomic E-state index is -0.116. The van der Waals surface area contributed by atoms with Crippen LogP contribution in [0.5, 0.6) is 0 Å². The maximum absolute atomic E-state index is 13.0. The number of benzene rings is 1. The average molecular weight is 384 g/mol. The Hall–Kier alpha value is -2.51. The molecule has 1 fully saturated rings. The molecule has 1 aliphatic carbocycles. The summed E-state index contributed by atoms with van der Waals surface area (Å²) in [5.41, 5.74) is 1.27. The Labute approximate surface area is 157 Å². The van der Waals surface area contributed by atoms with Gasteiger partial charge in [-0.05, 0) is 43.5 Å². The summed E-state index contributed by atoms with van der Waals surface area (Å²) in [7, 11) is 0. The molecule has 3 heterocycles. The fourth-order valence-corrected chi connectivity index (χ4v) is 4.26. The van der Waals surface area contributed by atoms with Crippen molar-refractivity contribution < 1.29 is 0 Å². The van der Waals surface area contributed by atoms with Gasteiger partial charge in [0.1, 0.15) is 33.5 Å². The molecular weight excluding hydrogens is 370 g/mol. The van der Waals surface area contributed by atoms with Crippen LogP contribution in [0, 0.1) is 0 Å². The highest BCUT2D eigenvalue weighted by Gasteiger charge is 2.21. The van der Waals surface area contributed by atoms with E-state index in [1.54, 1.807) is 30.6 Å². The number of fused-ring (bicyclic) bond motifs is 3. The zero-order chi connectivity index (χ0) is 17.7. The van der Waals surface area contributed by atoms with Crippen molar-refractivity contribution >= 4 is 49.2 Å². The van der Waals surface area contributed by atoms with Gasteiger partial charge < -0.3 is 5.32 Å². The van der Waals surface area contributed by atoms with Gasteiger partial charge in [0.25, 0.3) is 5.56 Å². The zero-order valence-electron chi connectivity index (χ0n) is 13.6. The van der Waals surface area contributed by atoms with E-state index < -0.39 is 0 Å². The summed E-state index contributed by atoms with van der Waals surface area (Å²) in [4.78, 5) is 27.1. The first-order chi connectivity index (χ1) is 12.7. The third kappa shape index (κ3) is 2.47. The monoisotopic (exact) mass is 383 g/mol. The first-order valence-electron chi connectivity index (χ1n) is 8.38. The summed E-state index contributed by atoms with van der Waals surface area (Å²) in [6, 6.07) is 7.55. The van der Waals surface area contributed by atoms with Crippen molar-refractivity contribution in [3.05, 3.63) is 52.3 Å². The van der Waals surface area contributed by atoms with E-state index >= 15 is 0 Å². The Morgan fingerprint density at radius 1 is 1.15 bits per heavy atom. The van der Waals surface area contributed by atoms with Crippen molar-refractivity contribution in [2.45, 2.75) is 25.3 Å². The molecule has 3 aromatic heterocycles.